The molecule has 0 aliphatic rings. The monoisotopic (exact) mass is 571 g/mol. The third-order valence-corrected chi connectivity index (χ3v) is 6.53. The summed E-state index contributed by atoms with van der Waals surface area (Å²) in [5.41, 5.74) is 9.07. The summed E-state index contributed by atoms with van der Waals surface area (Å²) in [7, 11) is 1.66. The van der Waals surface area contributed by atoms with Gasteiger partial charge in [-0.25, -0.2) is 0 Å². The highest BCUT2D eigenvalue weighted by atomic mass is 16.5. The van der Waals surface area contributed by atoms with Gasteiger partial charge < -0.3 is 35.9 Å². The lowest BCUT2D eigenvalue weighted by Gasteiger charge is -2.19. The number of benzene rings is 3. The van der Waals surface area contributed by atoms with Gasteiger partial charge >= 0.3 is 0 Å². The molecule has 3 aromatic carbocycles. The molecule has 0 saturated heterocycles. The summed E-state index contributed by atoms with van der Waals surface area (Å²) in [5, 5.41) is 9.99. The van der Waals surface area contributed by atoms with Crippen molar-refractivity contribution in [2.24, 2.45) is 5.73 Å². The molecule has 0 radical (unpaired) electrons. The molecular formula is C32H41N7O3. The minimum atomic E-state index is 0.248. The maximum Gasteiger partial charge on any atom is 0.229 e. The third kappa shape index (κ3) is 10.3. The van der Waals surface area contributed by atoms with Crippen LogP contribution in [0.2, 0.25) is 0 Å². The van der Waals surface area contributed by atoms with E-state index >= 15 is 0 Å². The second-order valence-electron chi connectivity index (χ2n) is 9.54. The fourth-order valence-corrected chi connectivity index (χ4v) is 4.40. The Morgan fingerprint density at radius 3 is 1.76 bits per heavy atom. The van der Waals surface area contributed by atoms with E-state index < -0.39 is 0 Å². The number of hydrogen-bond acceptors (Lipinski definition) is 10. The van der Waals surface area contributed by atoms with Gasteiger partial charge in [0.15, 0.2) is 0 Å². The largest absolute Gasteiger partial charge is 0.497 e. The number of methoxy groups -OCH3 is 1. The predicted molar refractivity (Wildman–Crippen MR) is 167 cm³/mol. The number of rotatable bonds is 19. The molecule has 42 heavy (non-hydrogen) atoms. The number of anilines is 3. The smallest absolute Gasteiger partial charge is 0.229 e. The van der Waals surface area contributed by atoms with Gasteiger partial charge in [-0.05, 0) is 35.2 Å². The first kappa shape index (κ1) is 30.7. The zero-order valence-electron chi connectivity index (χ0n) is 24.2. The van der Waals surface area contributed by atoms with Crippen LogP contribution in [-0.2, 0) is 16.0 Å². The molecule has 0 fully saturated rings. The second kappa shape index (κ2) is 17.5. The Kier molecular flexibility index (Phi) is 12.8. The van der Waals surface area contributed by atoms with Crippen molar-refractivity contribution in [3.8, 4) is 5.75 Å². The normalized spacial score (nSPS) is 10.9. The lowest BCUT2D eigenvalue weighted by atomic mass is 9.88. The summed E-state index contributed by atoms with van der Waals surface area (Å²) in [5.74, 6) is 2.51. The number of ether oxygens (including phenoxy) is 3. The fourth-order valence-electron chi connectivity index (χ4n) is 4.40. The lowest BCUT2D eigenvalue weighted by molar-refractivity contribution is 0.0547. The van der Waals surface area contributed by atoms with E-state index in [1.165, 1.54) is 11.1 Å². The molecular weight excluding hydrogens is 530 g/mol. The van der Waals surface area contributed by atoms with Crippen LogP contribution in [0.15, 0.2) is 84.9 Å². The molecule has 0 aliphatic heterocycles. The Bertz CT molecular complexity index is 1260. The van der Waals surface area contributed by atoms with Crippen molar-refractivity contribution in [3.05, 3.63) is 102 Å². The Hall–Kier alpha value is -4.25. The zero-order valence-corrected chi connectivity index (χ0v) is 24.2. The molecule has 0 unspecified atom stereocenters. The summed E-state index contributed by atoms with van der Waals surface area (Å²) < 4.78 is 16.2. The highest BCUT2D eigenvalue weighted by Crippen LogP contribution is 2.27. The van der Waals surface area contributed by atoms with Crippen LogP contribution in [0.5, 0.6) is 5.75 Å². The number of nitrogens with two attached hydrogens (primary N) is 1. The van der Waals surface area contributed by atoms with Crippen LogP contribution >= 0.6 is 0 Å². The van der Waals surface area contributed by atoms with Gasteiger partial charge in [0.25, 0.3) is 0 Å². The Labute approximate surface area is 248 Å². The molecule has 222 valence electrons. The van der Waals surface area contributed by atoms with Crippen LogP contribution in [0.1, 0.15) is 29.0 Å². The van der Waals surface area contributed by atoms with Crippen molar-refractivity contribution in [2.75, 3.05) is 69.1 Å². The summed E-state index contributed by atoms with van der Waals surface area (Å²) in [6, 6.07) is 29.0. The van der Waals surface area contributed by atoms with E-state index in [2.05, 4.69) is 79.4 Å². The highest BCUT2D eigenvalue weighted by Gasteiger charge is 2.14. The van der Waals surface area contributed by atoms with Crippen LogP contribution < -0.4 is 26.4 Å². The predicted octanol–water partition coefficient (Wildman–Crippen LogP) is 4.53. The second-order valence-corrected chi connectivity index (χ2v) is 9.54. The molecule has 1 aromatic heterocycles. The van der Waals surface area contributed by atoms with E-state index in [0.29, 0.717) is 70.5 Å². The van der Waals surface area contributed by atoms with Crippen molar-refractivity contribution in [2.45, 2.75) is 18.9 Å². The maximum atomic E-state index is 5.62. The highest BCUT2D eigenvalue weighted by molar-refractivity contribution is 5.43. The van der Waals surface area contributed by atoms with Crippen LogP contribution in [0.3, 0.4) is 0 Å². The van der Waals surface area contributed by atoms with Gasteiger partial charge in [0, 0.05) is 32.1 Å². The molecule has 5 N–H and O–H groups in total. The lowest BCUT2D eigenvalue weighted by Crippen LogP contribution is -2.17. The zero-order chi connectivity index (χ0) is 29.2. The van der Waals surface area contributed by atoms with Gasteiger partial charge in [0.05, 0.1) is 33.5 Å². The molecule has 0 bridgehead atoms. The summed E-state index contributed by atoms with van der Waals surface area (Å²) in [6.45, 7) is 4.34. The maximum absolute atomic E-state index is 5.62. The Morgan fingerprint density at radius 1 is 0.643 bits per heavy atom. The van der Waals surface area contributed by atoms with Crippen molar-refractivity contribution in [1.82, 2.24) is 15.0 Å². The summed E-state index contributed by atoms with van der Waals surface area (Å²) in [6.07, 6.45) is 0.872. The SMILES string of the molecule is COc1ccc(CNc2nc(NCCOCCOCCN)nc(NCCC(c3ccccc3)c3ccccc3)n2)cc1. The van der Waals surface area contributed by atoms with Gasteiger partial charge in [-0.3, -0.25) is 0 Å². The van der Waals surface area contributed by atoms with Crippen molar-refractivity contribution < 1.29 is 14.2 Å². The van der Waals surface area contributed by atoms with E-state index in [1.54, 1.807) is 7.11 Å². The summed E-state index contributed by atoms with van der Waals surface area (Å²) in [4.78, 5) is 13.8. The molecule has 4 rings (SSSR count). The van der Waals surface area contributed by atoms with E-state index in [-0.39, 0.29) is 5.92 Å². The van der Waals surface area contributed by atoms with Gasteiger partial charge in [-0.1, -0.05) is 72.8 Å². The number of nitrogens with one attached hydrogen (secondary N) is 3. The van der Waals surface area contributed by atoms with Gasteiger partial charge in [-0.15, -0.1) is 0 Å². The Morgan fingerprint density at radius 2 is 1.19 bits per heavy atom. The first-order chi connectivity index (χ1) is 20.7. The van der Waals surface area contributed by atoms with Crippen LogP contribution in [0.25, 0.3) is 0 Å². The van der Waals surface area contributed by atoms with E-state index in [4.69, 9.17) is 19.9 Å². The Balaban J connectivity index is 1.39. The van der Waals surface area contributed by atoms with E-state index in [1.807, 2.05) is 36.4 Å². The molecule has 4 aromatic rings. The third-order valence-electron chi connectivity index (χ3n) is 6.53. The molecule has 10 heteroatoms. The average molecular weight is 572 g/mol. The molecule has 0 aliphatic carbocycles. The van der Waals surface area contributed by atoms with Gasteiger partial charge in [-0.2, -0.15) is 15.0 Å². The number of hydrogen-bond donors (Lipinski definition) is 4. The van der Waals surface area contributed by atoms with Crippen LogP contribution in [0, 0.1) is 0 Å². The number of aromatic nitrogens is 3. The fraction of sp³-hybridized carbons (Fsp3) is 0.344. The van der Waals surface area contributed by atoms with Crippen LogP contribution in [-0.4, -0.2) is 68.1 Å². The molecule has 0 saturated carbocycles. The molecule has 10 nitrogen and oxygen atoms in total. The van der Waals surface area contributed by atoms with Crippen molar-refractivity contribution in [3.63, 3.8) is 0 Å². The van der Waals surface area contributed by atoms with Crippen molar-refractivity contribution >= 4 is 17.8 Å². The van der Waals surface area contributed by atoms with Gasteiger partial charge in [0.2, 0.25) is 17.8 Å². The first-order valence-corrected chi connectivity index (χ1v) is 14.3. The van der Waals surface area contributed by atoms with E-state index in [0.717, 1.165) is 17.7 Å². The average Bonchev–Trinajstić information content (AvgIpc) is 3.04. The molecule has 0 atom stereocenters. The minimum absolute atomic E-state index is 0.248. The number of nitrogens with zero attached hydrogens (tertiary/aromatic N) is 3. The topological polar surface area (TPSA) is 128 Å². The molecule has 1 heterocycles. The van der Waals surface area contributed by atoms with Crippen molar-refractivity contribution in [1.29, 1.82) is 0 Å². The molecule has 0 amide bonds. The first-order valence-electron chi connectivity index (χ1n) is 14.3. The quantitative estimate of drug-likeness (QED) is 0.119. The molecule has 0 spiro atoms. The summed E-state index contributed by atoms with van der Waals surface area (Å²) >= 11 is 0. The minimum Gasteiger partial charge on any atom is -0.497 e. The van der Waals surface area contributed by atoms with E-state index in [9.17, 15) is 0 Å². The standard InChI is InChI=1S/C32H41N7O3/c1-40-28-14-12-25(13-15-28)24-36-32-38-30(37-31(39-32)35-19-21-42-23-22-41-20-17-33)34-18-16-29(26-8-4-2-5-9-26)27-10-6-3-7-11-27/h2-15,29H,16-24,33H2,1H3,(H3,34,35,36,37,38,39). The van der Waals surface area contributed by atoms with Crippen LogP contribution in [0.4, 0.5) is 17.8 Å². The van der Waals surface area contributed by atoms with Gasteiger partial charge in [0.1, 0.15) is 5.75 Å².